The molecule has 0 aliphatic rings. The molecule has 2 N–H and O–H groups in total. The highest BCUT2D eigenvalue weighted by Gasteiger charge is 2.14. The third kappa shape index (κ3) is 1.52. The summed E-state index contributed by atoms with van der Waals surface area (Å²) in [6, 6.07) is 1.71. The highest BCUT2D eigenvalue weighted by molar-refractivity contribution is 5.85. The summed E-state index contributed by atoms with van der Waals surface area (Å²) >= 11 is 0. The third-order valence-corrected chi connectivity index (χ3v) is 1.90. The molecule has 2 aromatic rings. The molecule has 2 rings (SSSR count). The van der Waals surface area contributed by atoms with Crippen molar-refractivity contribution in [2.24, 2.45) is 5.73 Å². The van der Waals surface area contributed by atoms with Crippen LogP contribution in [0.2, 0.25) is 0 Å². The van der Waals surface area contributed by atoms with Crippen LogP contribution in [0.3, 0.4) is 0 Å². The molecule has 15 heavy (non-hydrogen) atoms. The van der Waals surface area contributed by atoms with Gasteiger partial charge in [-0.15, -0.1) is 5.10 Å². The smallest absolute Gasteiger partial charge is 0.378 e. The monoisotopic (exact) mass is 207 g/mol. The molecule has 0 amide bonds. The molecule has 0 spiro atoms. The molecular weight excluding hydrogens is 198 g/mol. The predicted octanol–water partition coefficient (Wildman–Crippen LogP) is -0.630. The molecule has 0 unspecified atom stereocenters. The molecule has 0 saturated carbocycles. The van der Waals surface area contributed by atoms with E-state index in [0.717, 1.165) is 5.69 Å². The van der Waals surface area contributed by atoms with Gasteiger partial charge in [-0.1, -0.05) is 0 Å². The van der Waals surface area contributed by atoms with Gasteiger partial charge in [0.2, 0.25) is 0 Å². The van der Waals surface area contributed by atoms with Crippen molar-refractivity contribution in [3.05, 3.63) is 23.8 Å². The number of esters is 1. The van der Waals surface area contributed by atoms with Gasteiger partial charge in [0.25, 0.3) is 11.6 Å². The Hall–Kier alpha value is -2.02. The number of hydrogen-bond donors (Lipinski definition) is 1. The summed E-state index contributed by atoms with van der Waals surface area (Å²) in [7, 11) is 1.27. The number of aromatic nitrogens is 4. The number of rotatable bonds is 2. The Morgan fingerprint density at radius 1 is 1.67 bits per heavy atom. The molecule has 0 aliphatic heterocycles. The van der Waals surface area contributed by atoms with E-state index in [1.165, 1.54) is 11.6 Å². The van der Waals surface area contributed by atoms with Gasteiger partial charge in [-0.3, -0.25) is 0 Å². The van der Waals surface area contributed by atoms with Gasteiger partial charge in [0.1, 0.15) is 0 Å². The predicted molar refractivity (Wildman–Crippen MR) is 50.0 cm³/mol. The van der Waals surface area contributed by atoms with Gasteiger partial charge in [0, 0.05) is 12.7 Å². The first-order valence-electron chi connectivity index (χ1n) is 4.25. The molecule has 0 fully saturated rings. The van der Waals surface area contributed by atoms with Crippen molar-refractivity contribution in [1.82, 2.24) is 19.6 Å². The maximum atomic E-state index is 11.2. The molecule has 0 aliphatic carbocycles. The molecule has 0 saturated heterocycles. The van der Waals surface area contributed by atoms with Crippen LogP contribution in [0.25, 0.3) is 5.78 Å². The summed E-state index contributed by atoms with van der Waals surface area (Å²) in [6.45, 7) is 0.295. The number of hydrogen-bond acceptors (Lipinski definition) is 6. The minimum absolute atomic E-state index is 0.0223. The minimum Gasteiger partial charge on any atom is -0.463 e. The van der Waals surface area contributed by atoms with Crippen molar-refractivity contribution in [2.45, 2.75) is 6.54 Å². The van der Waals surface area contributed by atoms with E-state index in [4.69, 9.17) is 5.73 Å². The standard InChI is InChI=1S/C8H9N5O2/c1-15-7(14)6-11-8-10-3-2-5(4-9)13(8)12-6/h2-3H,4,9H2,1H3. The average molecular weight is 207 g/mol. The lowest BCUT2D eigenvalue weighted by atomic mass is 10.4. The summed E-state index contributed by atoms with van der Waals surface area (Å²) in [6.07, 6.45) is 1.56. The van der Waals surface area contributed by atoms with E-state index in [1.54, 1.807) is 12.3 Å². The summed E-state index contributed by atoms with van der Waals surface area (Å²) in [5.41, 5.74) is 6.23. The van der Waals surface area contributed by atoms with Crippen LogP contribution in [0.4, 0.5) is 0 Å². The van der Waals surface area contributed by atoms with Crippen LogP contribution in [0.15, 0.2) is 12.3 Å². The van der Waals surface area contributed by atoms with E-state index in [1.807, 2.05) is 0 Å². The number of carbonyl (C=O) groups excluding carboxylic acids is 1. The van der Waals surface area contributed by atoms with Crippen molar-refractivity contribution in [3.63, 3.8) is 0 Å². The van der Waals surface area contributed by atoms with Gasteiger partial charge in [-0.25, -0.2) is 9.78 Å². The van der Waals surface area contributed by atoms with Crippen molar-refractivity contribution in [3.8, 4) is 0 Å². The van der Waals surface area contributed by atoms with E-state index in [2.05, 4.69) is 19.8 Å². The lowest BCUT2D eigenvalue weighted by Crippen LogP contribution is -2.07. The molecule has 0 atom stereocenters. The van der Waals surface area contributed by atoms with Gasteiger partial charge >= 0.3 is 5.97 Å². The van der Waals surface area contributed by atoms with Crippen molar-refractivity contribution >= 4 is 11.7 Å². The molecule has 0 bridgehead atoms. The minimum atomic E-state index is -0.594. The number of nitrogens with two attached hydrogens (primary N) is 1. The zero-order valence-corrected chi connectivity index (χ0v) is 8.04. The Morgan fingerprint density at radius 3 is 3.13 bits per heavy atom. The van der Waals surface area contributed by atoms with Crippen molar-refractivity contribution in [2.75, 3.05) is 7.11 Å². The lowest BCUT2D eigenvalue weighted by molar-refractivity contribution is 0.0587. The Balaban J connectivity index is 2.60. The molecule has 7 heteroatoms. The first-order valence-corrected chi connectivity index (χ1v) is 4.25. The maximum Gasteiger partial charge on any atom is 0.378 e. The van der Waals surface area contributed by atoms with Crippen LogP contribution in [0.1, 0.15) is 16.3 Å². The number of nitrogens with zero attached hydrogens (tertiary/aromatic N) is 4. The first-order chi connectivity index (χ1) is 7.26. The number of ether oxygens (including phenoxy) is 1. The van der Waals surface area contributed by atoms with Gasteiger partial charge in [0.05, 0.1) is 12.8 Å². The zero-order chi connectivity index (χ0) is 10.8. The lowest BCUT2D eigenvalue weighted by Gasteiger charge is -1.97. The van der Waals surface area contributed by atoms with Gasteiger partial charge in [-0.2, -0.15) is 9.50 Å². The quantitative estimate of drug-likeness (QED) is 0.658. The van der Waals surface area contributed by atoms with Crippen LogP contribution >= 0.6 is 0 Å². The zero-order valence-electron chi connectivity index (χ0n) is 8.04. The van der Waals surface area contributed by atoms with Crippen LogP contribution in [0.5, 0.6) is 0 Å². The molecular formula is C8H9N5O2. The van der Waals surface area contributed by atoms with Gasteiger partial charge < -0.3 is 10.5 Å². The second-order valence-corrected chi connectivity index (χ2v) is 2.78. The van der Waals surface area contributed by atoms with Gasteiger partial charge in [0.15, 0.2) is 0 Å². The van der Waals surface area contributed by atoms with Crippen molar-refractivity contribution < 1.29 is 9.53 Å². The van der Waals surface area contributed by atoms with Crippen LogP contribution in [0, 0.1) is 0 Å². The number of methoxy groups -OCH3 is 1. The van der Waals surface area contributed by atoms with Crippen LogP contribution in [-0.2, 0) is 11.3 Å². The average Bonchev–Trinajstić information content (AvgIpc) is 2.71. The first kappa shape index (κ1) is 9.53. The summed E-state index contributed by atoms with van der Waals surface area (Å²) in [5, 5.41) is 3.94. The Kier molecular flexibility index (Phi) is 2.30. The van der Waals surface area contributed by atoms with E-state index < -0.39 is 5.97 Å². The fourth-order valence-corrected chi connectivity index (χ4v) is 1.17. The Morgan fingerprint density at radius 2 is 2.47 bits per heavy atom. The SMILES string of the molecule is COC(=O)c1nc2nccc(CN)n2n1. The van der Waals surface area contributed by atoms with E-state index in [-0.39, 0.29) is 5.82 Å². The molecule has 2 aromatic heterocycles. The molecule has 2 heterocycles. The molecule has 0 radical (unpaired) electrons. The second kappa shape index (κ2) is 3.62. The van der Waals surface area contributed by atoms with Crippen LogP contribution in [-0.4, -0.2) is 32.7 Å². The normalized spacial score (nSPS) is 10.5. The van der Waals surface area contributed by atoms with Gasteiger partial charge in [-0.05, 0) is 6.07 Å². The maximum absolute atomic E-state index is 11.2. The Labute approximate surface area is 84.9 Å². The topological polar surface area (TPSA) is 95.4 Å². The largest absolute Gasteiger partial charge is 0.463 e. The number of fused-ring (bicyclic) bond motifs is 1. The third-order valence-electron chi connectivity index (χ3n) is 1.90. The van der Waals surface area contributed by atoms with E-state index in [0.29, 0.717) is 12.3 Å². The molecule has 7 nitrogen and oxygen atoms in total. The van der Waals surface area contributed by atoms with Crippen molar-refractivity contribution in [1.29, 1.82) is 0 Å². The summed E-state index contributed by atoms with van der Waals surface area (Å²) < 4.78 is 5.93. The fourth-order valence-electron chi connectivity index (χ4n) is 1.17. The molecule has 78 valence electrons. The fraction of sp³-hybridized carbons (Fsp3) is 0.250. The van der Waals surface area contributed by atoms with E-state index >= 15 is 0 Å². The summed E-state index contributed by atoms with van der Waals surface area (Å²) in [5.74, 6) is -0.285. The second-order valence-electron chi connectivity index (χ2n) is 2.78. The highest BCUT2D eigenvalue weighted by Crippen LogP contribution is 2.03. The Bertz CT molecular complexity index is 507. The summed E-state index contributed by atoms with van der Waals surface area (Å²) in [4.78, 5) is 19.0. The van der Waals surface area contributed by atoms with Crippen LogP contribution < -0.4 is 5.73 Å². The number of carbonyl (C=O) groups is 1. The highest BCUT2D eigenvalue weighted by atomic mass is 16.5. The molecule has 0 aromatic carbocycles. The van der Waals surface area contributed by atoms with E-state index in [9.17, 15) is 4.79 Å².